The molecule has 1 heterocycles. The van der Waals surface area contributed by atoms with Crippen LogP contribution in [-0.2, 0) is 13.2 Å². The lowest BCUT2D eigenvalue weighted by atomic mass is 10.2. The molecule has 5 nitrogen and oxygen atoms in total. The Morgan fingerprint density at radius 1 is 1.13 bits per heavy atom. The van der Waals surface area contributed by atoms with Gasteiger partial charge >= 0.3 is 0 Å². The van der Waals surface area contributed by atoms with Crippen molar-refractivity contribution in [1.82, 2.24) is 14.7 Å². The monoisotopic (exact) mass is 309 g/mol. The summed E-state index contributed by atoms with van der Waals surface area (Å²) in [6.45, 7) is 1.39. The van der Waals surface area contributed by atoms with Crippen LogP contribution in [0.4, 0.5) is 0 Å². The van der Waals surface area contributed by atoms with Crippen molar-refractivity contribution in [3.8, 4) is 5.75 Å². The van der Waals surface area contributed by atoms with E-state index in [0.29, 0.717) is 12.1 Å². The second-order valence-electron chi connectivity index (χ2n) is 5.53. The third-order valence-corrected chi connectivity index (χ3v) is 3.75. The maximum atomic E-state index is 11.9. The Kier molecular flexibility index (Phi) is 4.39. The fraction of sp³-hybridized carbons (Fsp3) is 0.222. The van der Waals surface area contributed by atoms with Crippen molar-refractivity contribution in [2.75, 3.05) is 14.2 Å². The van der Waals surface area contributed by atoms with Crippen molar-refractivity contribution >= 4 is 10.9 Å². The summed E-state index contributed by atoms with van der Waals surface area (Å²) in [6.07, 6.45) is 1.38. The Labute approximate surface area is 134 Å². The van der Waals surface area contributed by atoms with E-state index in [-0.39, 0.29) is 5.43 Å². The predicted octanol–water partition coefficient (Wildman–Crippen LogP) is 2.49. The van der Waals surface area contributed by atoms with E-state index in [2.05, 4.69) is 10.00 Å². The second kappa shape index (κ2) is 6.62. The first-order valence-electron chi connectivity index (χ1n) is 7.44. The molecular weight excluding hydrogens is 290 g/mol. The molecule has 2 aromatic carbocycles. The Hall–Kier alpha value is -2.66. The van der Waals surface area contributed by atoms with Crippen molar-refractivity contribution in [1.29, 1.82) is 0 Å². The summed E-state index contributed by atoms with van der Waals surface area (Å²) in [6, 6.07) is 15.5. The standard InChI is InChI=1S/C18H19N3O2/c1-20(12-14-7-9-15(23-2)10-8-14)13-21-17-6-4-3-5-16(17)18(22)11-19-21/h3-11H,12-13H2,1-2H3. The SMILES string of the molecule is COc1ccc(CN(C)Cn2ncc(=O)c3ccccc32)cc1. The summed E-state index contributed by atoms with van der Waals surface area (Å²) >= 11 is 0. The molecule has 0 atom stereocenters. The van der Waals surface area contributed by atoms with Crippen LogP contribution in [0, 0.1) is 0 Å². The van der Waals surface area contributed by atoms with E-state index in [9.17, 15) is 4.79 Å². The molecule has 118 valence electrons. The first-order chi connectivity index (χ1) is 11.2. The van der Waals surface area contributed by atoms with Crippen LogP contribution in [0.1, 0.15) is 5.56 Å². The maximum absolute atomic E-state index is 11.9. The lowest BCUT2D eigenvalue weighted by molar-refractivity contribution is 0.249. The first kappa shape index (κ1) is 15.2. The topological polar surface area (TPSA) is 47.4 Å². The van der Waals surface area contributed by atoms with Crippen LogP contribution < -0.4 is 10.2 Å². The van der Waals surface area contributed by atoms with Crippen molar-refractivity contribution in [3.63, 3.8) is 0 Å². The summed E-state index contributed by atoms with van der Waals surface area (Å²) in [5.41, 5.74) is 2.00. The van der Waals surface area contributed by atoms with E-state index in [0.717, 1.165) is 17.8 Å². The summed E-state index contributed by atoms with van der Waals surface area (Å²) in [5.74, 6) is 0.851. The van der Waals surface area contributed by atoms with Crippen molar-refractivity contribution < 1.29 is 4.74 Å². The first-order valence-corrected chi connectivity index (χ1v) is 7.44. The average Bonchev–Trinajstić information content (AvgIpc) is 2.58. The number of rotatable bonds is 5. The molecule has 0 fully saturated rings. The highest BCUT2D eigenvalue weighted by Gasteiger charge is 2.06. The number of fused-ring (bicyclic) bond motifs is 1. The van der Waals surface area contributed by atoms with Gasteiger partial charge in [0.2, 0.25) is 5.43 Å². The van der Waals surface area contributed by atoms with Crippen molar-refractivity contribution in [3.05, 3.63) is 70.5 Å². The van der Waals surface area contributed by atoms with Crippen LogP contribution in [0.15, 0.2) is 59.5 Å². The van der Waals surface area contributed by atoms with Crippen molar-refractivity contribution in [2.45, 2.75) is 13.2 Å². The van der Waals surface area contributed by atoms with E-state index in [1.807, 2.05) is 60.3 Å². The summed E-state index contributed by atoms with van der Waals surface area (Å²) in [4.78, 5) is 14.0. The molecule has 5 heteroatoms. The van der Waals surface area contributed by atoms with E-state index >= 15 is 0 Å². The number of methoxy groups -OCH3 is 1. The van der Waals surface area contributed by atoms with E-state index in [1.54, 1.807) is 7.11 Å². The van der Waals surface area contributed by atoms with E-state index in [1.165, 1.54) is 11.8 Å². The van der Waals surface area contributed by atoms with E-state index < -0.39 is 0 Å². The van der Waals surface area contributed by atoms with Gasteiger partial charge in [-0.2, -0.15) is 5.10 Å². The number of hydrogen-bond acceptors (Lipinski definition) is 4. The number of aromatic nitrogens is 2. The smallest absolute Gasteiger partial charge is 0.207 e. The third kappa shape index (κ3) is 3.40. The van der Waals surface area contributed by atoms with Crippen LogP contribution >= 0.6 is 0 Å². The molecule has 0 aliphatic heterocycles. The van der Waals surface area contributed by atoms with Crippen LogP contribution in [0.3, 0.4) is 0 Å². The van der Waals surface area contributed by atoms with Gasteiger partial charge in [0.1, 0.15) is 5.75 Å². The Morgan fingerprint density at radius 3 is 2.61 bits per heavy atom. The molecule has 1 aromatic heterocycles. The van der Waals surface area contributed by atoms with Gasteiger partial charge in [-0.25, -0.2) is 0 Å². The van der Waals surface area contributed by atoms with Crippen LogP contribution in [0.2, 0.25) is 0 Å². The highest BCUT2D eigenvalue weighted by atomic mass is 16.5. The molecule has 0 saturated carbocycles. The summed E-state index contributed by atoms with van der Waals surface area (Å²) in [7, 11) is 3.69. The predicted molar refractivity (Wildman–Crippen MR) is 90.5 cm³/mol. The highest BCUT2D eigenvalue weighted by Crippen LogP contribution is 2.13. The number of ether oxygens (including phenoxy) is 1. The molecule has 0 aliphatic rings. The van der Waals surface area contributed by atoms with Gasteiger partial charge in [0.15, 0.2) is 0 Å². The van der Waals surface area contributed by atoms with Gasteiger partial charge in [-0.3, -0.25) is 14.4 Å². The molecule has 3 rings (SSSR count). The van der Waals surface area contributed by atoms with E-state index in [4.69, 9.17) is 4.74 Å². The molecule has 0 spiro atoms. The van der Waals surface area contributed by atoms with Gasteiger partial charge in [0.25, 0.3) is 0 Å². The minimum Gasteiger partial charge on any atom is -0.497 e. The number of para-hydroxylation sites is 1. The van der Waals surface area contributed by atoms with Crippen LogP contribution in [-0.4, -0.2) is 28.8 Å². The molecule has 0 aliphatic carbocycles. The van der Waals surface area contributed by atoms with Gasteiger partial charge in [0.05, 0.1) is 25.5 Å². The normalized spacial score (nSPS) is 11.1. The molecule has 23 heavy (non-hydrogen) atoms. The lowest BCUT2D eigenvalue weighted by Crippen LogP contribution is -2.24. The minimum atomic E-state index is -0.0466. The second-order valence-corrected chi connectivity index (χ2v) is 5.53. The van der Waals surface area contributed by atoms with Crippen LogP contribution in [0.25, 0.3) is 10.9 Å². The molecule has 0 unspecified atom stereocenters. The average molecular weight is 309 g/mol. The number of hydrogen-bond donors (Lipinski definition) is 0. The largest absolute Gasteiger partial charge is 0.497 e. The Bertz CT molecular complexity index is 856. The van der Waals surface area contributed by atoms with Gasteiger partial charge in [-0.15, -0.1) is 0 Å². The fourth-order valence-corrected chi connectivity index (χ4v) is 2.59. The van der Waals surface area contributed by atoms with Crippen LogP contribution in [0.5, 0.6) is 5.75 Å². The maximum Gasteiger partial charge on any atom is 0.207 e. The van der Waals surface area contributed by atoms with Gasteiger partial charge in [0, 0.05) is 11.9 Å². The Morgan fingerprint density at radius 2 is 1.87 bits per heavy atom. The zero-order valence-corrected chi connectivity index (χ0v) is 13.3. The number of benzene rings is 2. The fourth-order valence-electron chi connectivity index (χ4n) is 2.59. The molecule has 3 aromatic rings. The Balaban J connectivity index is 1.78. The lowest BCUT2D eigenvalue weighted by Gasteiger charge is -2.19. The summed E-state index contributed by atoms with van der Waals surface area (Å²) < 4.78 is 7.02. The van der Waals surface area contributed by atoms with Crippen molar-refractivity contribution in [2.24, 2.45) is 0 Å². The molecule has 0 radical (unpaired) electrons. The molecule has 0 N–H and O–H groups in total. The van der Waals surface area contributed by atoms with Gasteiger partial charge in [-0.1, -0.05) is 24.3 Å². The third-order valence-electron chi connectivity index (χ3n) is 3.75. The molecular formula is C18H19N3O2. The zero-order valence-electron chi connectivity index (χ0n) is 13.3. The van der Waals surface area contributed by atoms with Gasteiger partial charge < -0.3 is 4.74 Å². The molecule has 0 amide bonds. The quantitative estimate of drug-likeness (QED) is 0.726. The molecule has 0 saturated heterocycles. The number of nitrogens with zero attached hydrogens (tertiary/aromatic N) is 3. The molecule has 0 bridgehead atoms. The zero-order chi connectivity index (χ0) is 16.2. The highest BCUT2D eigenvalue weighted by molar-refractivity contribution is 5.77. The minimum absolute atomic E-state index is 0.0466. The summed E-state index contributed by atoms with van der Waals surface area (Å²) in [5, 5.41) is 4.95. The van der Waals surface area contributed by atoms with Gasteiger partial charge in [-0.05, 0) is 36.9 Å².